The summed E-state index contributed by atoms with van der Waals surface area (Å²) in [6, 6.07) is 0. The van der Waals surface area contributed by atoms with Gasteiger partial charge >= 0.3 is 5.97 Å². The molecule has 1 aromatic rings. The molecule has 92 valence electrons. The van der Waals surface area contributed by atoms with Gasteiger partial charge in [0, 0.05) is 31.4 Å². The lowest BCUT2D eigenvalue weighted by Crippen LogP contribution is -2.40. The standard InChI is InChI=1S/C12H17N3O2/c1-12(2,3)17-11(16)9-6-14-10(15-7-9)8-4-13-5-8/h6-8,13H,4-5H2,1-3H3. The van der Waals surface area contributed by atoms with Crippen LogP contribution in [0.1, 0.15) is 42.9 Å². The summed E-state index contributed by atoms with van der Waals surface area (Å²) in [7, 11) is 0. The molecule has 0 spiro atoms. The van der Waals surface area contributed by atoms with Crippen LogP contribution < -0.4 is 5.32 Å². The zero-order chi connectivity index (χ0) is 12.5. The molecule has 1 aliphatic heterocycles. The molecule has 0 atom stereocenters. The molecule has 17 heavy (non-hydrogen) atoms. The topological polar surface area (TPSA) is 64.1 Å². The van der Waals surface area contributed by atoms with Crippen molar-refractivity contribution >= 4 is 5.97 Å². The molecule has 0 radical (unpaired) electrons. The van der Waals surface area contributed by atoms with Crippen molar-refractivity contribution in [3.05, 3.63) is 23.8 Å². The Bertz CT molecular complexity index is 405. The molecule has 1 saturated heterocycles. The number of rotatable bonds is 2. The van der Waals surface area contributed by atoms with E-state index in [1.165, 1.54) is 12.4 Å². The van der Waals surface area contributed by atoms with E-state index in [1.807, 2.05) is 20.8 Å². The lowest BCUT2D eigenvalue weighted by Gasteiger charge is -2.25. The molecule has 1 fully saturated rings. The van der Waals surface area contributed by atoms with Gasteiger partial charge in [0.25, 0.3) is 0 Å². The van der Waals surface area contributed by atoms with Crippen molar-refractivity contribution in [1.29, 1.82) is 0 Å². The van der Waals surface area contributed by atoms with Gasteiger partial charge in [-0.3, -0.25) is 0 Å². The number of aromatic nitrogens is 2. The van der Waals surface area contributed by atoms with Crippen molar-refractivity contribution in [2.75, 3.05) is 13.1 Å². The quantitative estimate of drug-likeness (QED) is 0.778. The number of esters is 1. The molecular formula is C12H17N3O2. The fourth-order valence-corrected chi connectivity index (χ4v) is 1.46. The maximum absolute atomic E-state index is 11.7. The van der Waals surface area contributed by atoms with Crippen LogP contribution in [0.5, 0.6) is 0 Å². The minimum atomic E-state index is -0.492. The minimum Gasteiger partial charge on any atom is -0.456 e. The van der Waals surface area contributed by atoms with E-state index in [1.54, 1.807) is 0 Å². The summed E-state index contributed by atoms with van der Waals surface area (Å²) in [4.78, 5) is 20.1. The van der Waals surface area contributed by atoms with Crippen molar-refractivity contribution in [2.45, 2.75) is 32.3 Å². The minimum absolute atomic E-state index is 0.377. The summed E-state index contributed by atoms with van der Waals surface area (Å²) in [6.45, 7) is 7.32. The van der Waals surface area contributed by atoms with Crippen LogP contribution in [0.3, 0.4) is 0 Å². The molecule has 0 saturated carbocycles. The van der Waals surface area contributed by atoms with E-state index < -0.39 is 5.60 Å². The van der Waals surface area contributed by atoms with E-state index in [0.717, 1.165) is 18.9 Å². The Hall–Kier alpha value is -1.49. The van der Waals surface area contributed by atoms with E-state index in [-0.39, 0.29) is 5.97 Å². The number of nitrogens with one attached hydrogen (secondary N) is 1. The third-order valence-electron chi connectivity index (χ3n) is 2.45. The first-order valence-electron chi connectivity index (χ1n) is 5.72. The van der Waals surface area contributed by atoms with Crippen LogP contribution >= 0.6 is 0 Å². The van der Waals surface area contributed by atoms with Crippen molar-refractivity contribution in [3.63, 3.8) is 0 Å². The van der Waals surface area contributed by atoms with Crippen molar-refractivity contribution in [3.8, 4) is 0 Å². The van der Waals surface area contributed by atoms with Crippen molar-refractivity contribution in [1.82, 2.24) is 15.3 Å². The second-order valence-electron chi connectivity index (χ2n) is 5.19. The number of ether oxygens (including phenoxy) is 1. The molecule has 0 aromatic carbocycles. The highest BCUT2D eigenvalue weighted by Gasteiger charge is 2.23. The third-order valence-corrected chi connectivity index (χ3v) is 2.45. The SMILES string of the molecule is CC(C)(C)OC(=O)c1cnc(C2CNC2)nc1. The summed E-state index contributed by atoms with van der Waals surface area (Å²) in [5.74, 6) is 0.787. The predicted octanol–water partition coefficient (Wildman–Crippen LogP) is 1.12. The first-order valence-corrected chi connectivity index (χ1v) is 5.72. The third kappa shape index (κ3) is 3.00. The van der Waals surface area contributed by atoms with Crippen LogP contribution in [0.2, 0.25) is 0 Å². The Morgan fingerprint density at radius 2 is 1.94 bits per heavy atom. The molecule has 5 nitrogen and oxygen atoms in total. The highest BCUT2D eigenvalue weighted by atomic mass is 16.6. The summed E-state index contributed by atoms with van der Waals surface area (Å²) < 4.78 is 5.23. The van der Waals surface area contributed by atoms with E-state index in [9.17, 15) is 4.79 Å². The monoisotopic (exact) mass is 235 g/mol. The fraction of sp³-hybridized carbons (Fsp3) is 0.583. The van der Waals surface area contributed by atoms with E-state index in [2.05, 4.69) is 15.3 Å². The van der Waals surface area contributed by atoms with Gasteiger partial charge < -0.3 is 10.1 Å². The number of hydrogen-bond donors (Lipinski definition) is 1. The lowest BCUT2D eigenvalue weighted by atomic mass is 10.0. The van der Waals surface area contributed by atoms with Crippen LogP contribution in [-0.4, -0.2) is 34.6 Å². The molecule has 2 heterocycles. The zero-order valence-corrected chi connectivity index (χ0v) is 10.4. The van der Waals surface area contributed by atoms with Gasteiger partial charge in [-0.05, 0) is 20.8 Å². The van der Waals surface area contributed by atoms with Gasteiger partial charge in [-0.2, -0.15) is 0 Å². The van der Waals surface area contributed by atoms with Gasteiger partial charge in [0.05, 0.1) is 5.56 Å². The number of nitrogens with zero attached hydrogens (tertiary/aromatic N) is 2. The molecule has 1 aliphatic rings. The first kappa shape index (κ1) is 12.0. The average Bonchev–Trinajstić information content (AvgIpc) is 2.13. The van der Waals surface area contributed by atoms with Gasteiger partial charge in [0.15, 0.2) is 0 Å². The summed E-state index contributed by atoms with van der Waals surface area (Å²) in [5.41, 5.74) is -0.0934. The second kappa shape index (κ2) is 4.41. The smallest absolute Gasteiger partial charge is 0.341 e. The number of carbonyl (C=O) groups excluding carboxylic acids is 1. The zero-order valence-electron chi connectivity index (χ0n) is 10.4. The van der Waals surface area contributed by atoms with E-state index in [0.29, 0.717) is 11.5 Å². The Morgan fingerprint density at radius 3 is 2.35 bits per heavy atom. The Morgan fingerprint density at radius 1 is 1.35 bits per heavy atom. The summed E-state index contributed by atoms with van der Waals surface area (Å²) in [5, 5.41) is 3.16. The normalized spacial score (nSPS) is 16.4. The van der Waals surface area contributed by atoms with E-state index >= 15 is 0 Å². The molecule has 0 unspecified atom stereocenters. The summed E-state index contributed by atoms with van der Waals surface area (Å²) >= 11 is 0. The maximum atomic E-state index is 11.7. The number of hydrogen-bond acceptors (Lipinski definition) is 5. The highest BCUT2D eigenvalue weighted by Crippen LogP contribution is 2.16. The van der Waals surface area contributed by atoms with Crippen molar-refractivity contribution < 1.29 is 9.53 Å². The summed E-state index contributed by atoms with van der Waals surface area (Å²) in [6.07, 6.45) is 3.07. The molecule has 2 rings (SSSR count). The Balaban J connectivity index is 2.04. The van der Waals surface area contributed by atoms with Gasteiger partial charge in [-0.15, -0.1) is 0 Å². The lowest BCUT2D eigenvalue weighted by molar-refractivity contribution is 0.00685. The van der Waals surface area contributed by atoms with Crippen LogP contribution in [0.25, 0.3) is 0 Å². The Labute approximate surface area is 101 Å². The van der Waals surface area contributed by atoms with Gasteiger partial charge in [0.2, 0.25) is 0 Å². The van der Waals surface area contributed by atoms with Gasteiger partial charge in [-0.25, -0.2) is 14.8 Å². The van der Waals surface area contributed by atoms with Crippen LogP contribution in [0.4, 0.5) is 0 Å². The van der Waals surface area contributed by atoms with Gasteiger partial charge in [0.1, 0.15) is 11.4 Å². The molecule has 5 heteroatoms. The van der Waals surface area contributed by atoms with Crippen LogP contribution in [0.15, 0.2) is 12.4 Å². The molecule has 0 bridgehead atoms. The molecular weight excluding hydrogens is 218 g/mol. The van der Waals surface area contributed by atoms with Crippen molar-refractivity contribution in [2.24, 2.45) is 0 Å². The molecule has 0 amide bonds. The van der Waals surface area contributed by atoms with Crippen LogP contribution in [0, 0.1) is 0 Å². The molecule has 0 aliphatic carbocycles. The molecule has 1 N–H and O–H groups in total. The average molecular weight is 235 g/mol. The number of carbonyl (C=O) groups is 1. The largest absolute Gasteiger partial charge is 0.456 e. The van der Waals surface area contributed by atoms with E-state index in [4.69, 9.17) is 4.74 Å². The van der Waals surface area contributed by atoms with Crippen LogP contribution in [-0.2, 0) is 4.74 Å². The maximum Gasteiger partial charge on any atom is 0.341 e. The Kier molecular flexibility index (Phi) is 3.11. The highest BCUT2D eigenvalue weighted by molar-refractivity contribution is 5.88. The fourth-order valence-electron chi connectivity index (χ4n) is 1.46. The first-order chi connectivity index (χ1) is 7.96. The second-order valence-corrected chi connectivity index (χ2v) is 5.19. The predicted molar refractivity (Wildman–Crippen MR) is 62.8 cm³/mol. The van der Waals surface area contributed by atoms with Gasteiger partial charge in [-0.1, -0.05) is 0 Å². The molecule has 1 aromatic heterocycles.